The minimum absolute atomic E-state index is 0.622. The summed E-state index contributed by atoms with van der Waals surface area (Å²) in [7, 11) is 2.08. The van der Waals surface area contributed by atoms with Crippen LogP contribution in [0.1, 0.15) is 50.5 Å². The predicted molar refractivity (Wildman–Crippen MR) is 78.8 cm³/mol. The van der Waals surface area contributed by atoms with Gasteiger partial charge < -0.3 is 5.32 Å². The van der Waals surface area contributed by atoms with Crippen LogP contribution in [0.3, 0.4) is 0 Å². The Morgan fingerprint density at radius 3 is 2.39 bits per heavy atom. The SMILES string of the molecule is CNCCC1(CCc2ccccc2)CCCCC1. The molecule has 18 heavy (non-hydrogen) atoms. The number of nitrogens with one attached hydrogen (secondary N) is 1. The summed E-state index contributed by atoms with van der Waals surface area (Å²) in [5.41, 5.74) is 2.13. The number of aryl methyl sites for hydroxylation is 1. The van der Waals surface area contributed by atoms with Gasteiger partial charge in [-0.15, -0.1) is 0 Å². The lowest BCUT2D eigenvalue weighted by Gasteiger charge is -2.38. The molecule has 0 heterocycles. The smallest absolute Gasteiger partial charge is 0.00466 e. The molecule has 1 nitrogen and oxygen atoms in total. The van der Waals surface area contributed by atoms with Gasteiger partial charge in [-0.3, -0.25) is 0 Å². The minimum Gasteiger partial charge on any atom is -0.320 e. The molecule has 0 spiro atoms. The molecule has 0 bridgehead atoms. The van der Waals surface area contributed by atoms with Crippen molar-refractivity contribution >= 4 is 0 Å². The zero-order valence-corrected chi connectivity index (χ0v) is 11.8. The Kier molecular flexibility index (Phi) is 5.25. The van der Waals surface area contributed by atoms with E-state index < -0.39 is 0 Å². The van der Waals surface area contributed by atoms with E-state index >= 15 is 0 Å². The van der Waals surface area contributed by atoms with Crippen LogP contribution in [0.15, 0.2) is 30.3 Å². The molecule has 1 N–H and O–H groups in total. The normalized spacial score (nSPS) is 18.7. The first-order valence-electron chi connectivity index (χ1n) is 7.53. The van der Waals surface area contributed by atoms with E-state index in [1.807, 2.05) is 0 Å². The molecule has 0 amide bonds. The third-order valence-corrected chi connectivity index (χ3v) is 4.61. The molecule has 1 aromatic carbocycles. The summed E-state index contributed by atoms with van der Waals surface area (Å²) in [6.07, 6.45) is 11.2. The lowest BCUT2D eigenvalue weighted by molar-refractivity contribution is 0.157. The van der Waals surface area contributed by atoms with Gasteiger partial charge in [-0.1, -0.05) is 49.6 Å². The van der Waals surface area contributed by atoms with Crippen LogP contribution in [0.4, 0.5) is 0 Å². The Labute approximate surface area is 112 Å². The van der Waals surface area contributed by atoms with Crippen LogP contribution in [0.2, 0.25) is 0 Å². The molecule has 1 heteroatoms. The summed E-state index contributed by atoms with van der Waals surface area (Å²) in [5, 5.41) is 3.34. The van der Waals surface area contributed by atoms with Crippen molar-refractivity contribution in [2.45, 2.75) is 51.4 Å². The van der Waals surface area contributed by atoms with E-state index in [0.29, 0.717) is 5.41 Å². The molecule has 1 aliphatic carbocycles. The van der Waals surface area contributed by atoms with Crippen LogP contribution < -0.4 is 5.32 Å². The zero-order chi connectivity index (χ0) is 12.7. The third-order valence-electron chi connectivity index (χ3n) is 4.61. The van der Waals surface area contributed by atoms with E-state index in [0.717, 1.165) is 0 Å². The van der Waals surface area contributed by atoms with Gasteiger partial charge in [0.2, 0.25) is 0 Å². The highest BCUT2D eigenvalue weighted by Gasteiger charge is 2.30. The lowest BCUT2D eigenvalue weighted by Crippen LogP contribution is -2.28. The Morgan fingerprint density at radius 2 is 1.72 bits per heavy atom. The van der Waals surface area contributed by atoms with Crippen LogP contribution in [-0.4, -0.2) is 13.6 Å². The van der Waals surface area contributed by atoms with E-state index in [1.165, 1.54) is 63.5 Å². The number of benzene rings is 1. The average molecular weight is 245 g/mol. The van der Waals surface area contributed by atoms with Crippen LogP contribution in [-0.2, 0) is 6.42 Å². The number of rotatable bonds is 6. The maximum Gasteiger partial charge on any atom is -0.00466 e. The fraction of sp³-hybridized carbons (Fsp3) is 0.647. The second kappa shape index (κ2) is 6.94. The summed E-state index contributed by atoms with van der Waals surface area (Å²) >= 11 is 0. The zero-order valence-electron chi connectivity index (χ0n) is 11.8. The quantitative estimate of drug-likeness (QED) is 0.793. The van der Waals surface area contributed by atoms with Gasteiger partial charge in [0.05, 0.1) is 0 Å². The molecule has 100 valence electrons. The molecule has 0 aromatic heterocycles. The van der Waals surface area contributed by atoms with Crippen LogP contribution >= 0.6 is 0 Å². The summed E-state index contributed by atoms with van der Waals surface area (Å²) in [5.74, 6) is 0. The van der Waals surface area contributed by atoms with Gasteiger partial charge in [-0.2, -0.15) is 0 Å². The molecule has 1 aliphatic rings. The van der Waals surface area contributed by atoms with Crippen LogP contribution in [0.5, 0.6) is 0 Å². The van der Waals surface area contributed by atoms with E-state index in [1.54, 1.807) is 0 Å². The molecule has 0 unspecified atom stereocenters. The molecule has 0 radical (unpaired) electrons. The fourth-order valence-corrected chi connectivity index (χ4v) is 3.37. The topological polar surface area (TPSA) is 12.0 Å². The highest BCUT2D eigenvalue weighted by atomic mass is 14.8. The Balaban J connectivity index is 1.92. The van der Waals surface area contributed by atoms with Gasteiger partial charge in [0, 0.05) is 0 Å². The summed E-state index contributed by atoms with van der Waals surface area (Å²) in [6, 6.07) is 11.0. The van der Waals surface area contributed by atoms with Crippen molar-refractivity contribution in [2.75, 3.05) is 13.6 Å². The molecule has 0 atom stereocenters. The van der Waals surface area contributed by atoms with Gasteiger partial charge >= 0.3 is 0 Å². The van der Waals surface area contributed by atoms with Crippen molar-refractivity contribution in [3.63, 3.8) is 0 Å². The second-order valence-corrected chi connectivity index (χ2v) is 5.90. The van der Waals surface area contributed by atoms with Crippen molar-refractivity contribution in [1.82, 2.24) is 5.32 Å². The third kappa shape index (κ3) is 3.84. The number of hydrogen-bond donors (Lipinski definition) is 1. The van der Waals surface area contributed by atoms with Crippen molar-refractivity contribution in [1.29, 1.82) is 0 Å². The first-order chi connectivity index (χ1) is 8.85. The maximum atomic E-state index is 3.34. The molecule has 2 rings (SSSR count). The van der Waals surface area contributed by atoms with Crippen molar-refractivity contribution in [2.24, 2.45) is 5.41 Å². The first kappa shape index (κ1) is 13.6. The predicted octanol–water partition coefficient (Wildman–Crippen LogP) is 4.18. The van der Waals surface area contributed by atoms with Gasteiger partial charge in [-0.05, 0) is 56.7 Å². The molecule has 1 saturated carbocycles. The van der Waals surface area contributed by atoms with Gasteiger partial charge in [-0.25, -0.2) is 0 Å². The molecular weight excluding hydrogens is 218 g/mol. The highest BCUT2D eigenvalue weighted by molar-refractivity contribution is 5.15. The fourth-order valence-electron chi connectivity index (χ4n) is 3.37. The van der Waals surface area contributed by atoms with E-state index in [9.17, 15) is 0 Å². The molecule has 0 saturated heterocycles. The van der Waals surface area contributed by atoms with Crippen molar-refractivity contribution < 1.29 is 0 Å². The largest absolute Gasteiger partial charge is 0.320 e. The Bertz CT molecular complexity index is 325. The minimum atomic E-state index is 0.622. The van der Waals surface area contributed by atoms with Gasteiger partial charge in [0.25, 0.3) is 0 Å². The monoisotopic (exact) mass is 245 g/mol. The standard InChI is InChI=1S/C17H27N/c1-18-15-14-17(11-6-3-7-12-17)13-10-16-8-4-2-5-9-16/h2,4-5,8-9,18H,3,6-7,10-15H2,1H3. The number of hydrogen-bond acceptors (Lipinski definition) is 1. The molecule has 0 aliphatic heterocycles. The lowest BCUT2D eigenvalue weighted by atomic mass is 9.68. The summed E-state index contributed by atoms with van der Waals surface area (Å²) in [6.45, 7) is 1.18. The average Bonchev–Trinajstić information content (AvgIpc) is 2.45. The van der Waals surface area contributed by atoms with Crippen molar-refractivity contribution in [3.05, 3.63) is 35.9 Å². The van der Waals surface area contributed by atoms with Crippen molar-refractivity contribution in [3.8, 4) is 0 Å². The van der Waals surface area contributed by atoms with Crippen LogP contribution in [0, 0.1) is 5.41 Å². The van der Waals surface area contributed by atoms with Gasteiger partial charge in [0.15, 0.2) is 0 Å². The highest BCUT2D eigenvalue weighted by Crippen LogP contribution is 2.42. The summed E-state index contributed by atoms with van der Waals surface area (Å²) in [4.78, 5) is 0. The Hall–Kier alpha value is -0.820. The summed E-state index contributed by atoms with van der Waals surface area (Å²) < 4.78 is 0. The van der Waals surface area contributed by atoms with E-state index in [4.69, 9.17) is 0 Å². The first-order valence-corrected chi connectivity index (χ1v) is 7.53. The molecule has 1 aromatic rings. The van der Waals surface area contributed by atoms with E-state index in [-0.39, 0.29) is 0 Å². The molecule has 1 fully saturated rings. The van der Waals surface area contributed by atoms with E-state index in [2.05, 4.69) is 42.7 Å². The Morgan fingerprint density at radius 1 is 1.00 bits per heavy atom. The van der Waals surface area contributed by atoms with Crippen LogP contribution in [0.25, 0.3) is 0 Å². The second-order valence-electron chi connectivity index (χ2n) is 5.90. The molecular formula is C17H27N. The maximum absolute atomic E-state index is 3.34. The van der Waals surface area contributed by atoms with Gasteiger partial charge in [0.1, 0.15) is 0 Å².